The molecular formula is C12H20O5S. The lowest BCUT2D eigenvalue weighted by atomic mass is 10.1. The molecule has 0 aromatic heterocycles. The third-order valence-corrected chi connectivity index (χ3v) is 3.51. The SMILES string of the molecule is CCC(O)CO.Cc1cccc(S(=O)(=O)O)c1C. The minimum absolute atomic E-state index is 0.0116. The van der Waals surface area contributed by atoms with E-state index in [1.807, 2.05) is 6.92 Å². The summed E-state index contributed by atoms with van der Waals surface area (Å²) in [7, 11) is -4.06. The molecule has 1 rings (SSSR count). The Bertz CT molecular complexity index is 463. The average molecular weight is 276 g/mol. The molecule has 0 saturated carbocycles. The molecule has 3 N–H and O–H groups in total. The van der Waals surface area contributed by atoms with E-state index in [2.05, 4.69) is 0 Å². The second-order valence-electron chi connectivity index (χ2n) is 3.92. The molecule has 6 heteroatoms. The molecule has 0 fully saturated rings. The van der Waals surface area contributed by atoms with Crippen LogP contribution < -0.4 is 0 Å². The number of aliphatic hydroxyl groups excluding tert-OH is 2. The second-order valence-corrected chi connectivity index (χ2v) is 5.31. The zero-order chi connectivity index (χ0) is 14.3. The third kappa shape index (κ3) is 5.59. The lowest BCUT2D eigenvalue weighted by Crippen LogP contribution is -2.08. The van der Waals surface area contributed by atoms with Gasteiger partial charge in [-0.3, -0.25) is 4.55 Å². The van der Waals surface area contributed by atoms with Crippen molar-refractivity contribution in [2.75, 3.05) is 6.61 Å². The van der Waals surface area contributed by atoms with Gasteiger partial charge in [-0.15, -0.1) is 0 Å². The number of hydrogen-bond donors (Lipinski definition) is 3. The van der Waals surface area contributed by atoms with Crippen molar-refractivity contribution in [3.05, 3.63) is 29.3 Å². The van der Waals surface area contributed by atoms with Crippen LogP contribution in [0, 0.1) is 13.8 Å². The van der Waals surface area contributed by atoms with E-state index in [0.29, 0.717) is 12.0 Å². The topological polar surface area (TPSA) is 94.8 Å². The van der Waals surface area contributed by atoms with Gasteiger partial charge >= 0.3 is 0 Å². The number of aryl methyl sites for hydroxylation is 1. The molecule has 0 aliphatic carbocycles. The standard InChI is InChI=1S/C8H10O3S.C4H10O2/c1-6-4-3-5-8(7(6)2)12(9,10)11;1-2-4(6)3-5/h3-5H,1-2H3,(H,9,10,11);4-6H,2-3H2,1H3. The molecule has 104 valence electrons. The normalized spacial score (nSPS) is 12.6. The largest absolute Gasteiger partial charge is 0.394 e. The predicted octanol–water partition coefficient (Wildman–Crippen LogP) is 1.30. The summed E-state index contributed by atoms with van der Waals surface area (Å²) in [6.45, 7) is 5.17. The van der Waals surface area contributed by atoms with Crippen LogP contribution >= 0.6 is 0 Å². The number of aliphatic hydroxyl groups is 2. The van der Waals surface area contributed by atoms with Crippen LogP contribution in [0.15, 0.2) is 23.1 Å². The number of hydrogen-bond acceptors (Lipinski definition) is 4. The van der Waals surface area contributed by atoms with Gasteiger partial charge in [0.15, 0.2) is 0 Å². The van der Waals surface area contributed by atoms with Crippen molar-refractivity contribution in [2.45, 2.75) is 38.2 Å². The van der Waals surface area contributed by atoms with E-state index >= 15 is 0 Å². The Labute approximate surface area is 108 Å². The highest BCUT2D eigenvalue weighted by atomic mass is 32.2. The fraction of sp³-hybridized carbons (Fsp3) is 0.500. The van der Waals surface area contributed by atoms with E-state index in [1.54, 1.807) is 26.0 Å². The van der Waals surface area contributed by atoms with Crippen LogP contribution in [0.3, 0.4) is 0 Å². The van der Waals surface area contributed by atoms with Gasteiger partial charge in [0, 0.05) is 0 Å². The Hall–Kier alpha value is -0.950. The maximum atomic E-state index is 10.8. The van der Waals surface area contributed by atoms with E-state index in [4.69, 9.17) is 14.8 Å². The first-order valence-corrected chi connectivity index (χ1v) is 7.00. The molecule has 0 radical (unpaired) electrons. The zero-order valence-electron chi connectivity index (χ0n) is 10.8. The van der Waals surface area contributed by atoms with Gasteiger partial charge in [-0.25, -0.2) is 0 Å². The first-order valence-electron chi connectivity index (χ1n) is 5.56. The highest BCUT2D eigenvalue weighted by molar-refractivity contribution is 7.85. The van der Waals surface area contributed by atoms with Crippen molar-refractivity contribution in [3.63, 3.8) is 0 Å². The summed E-state index contributed by atoms with van der Waals surface area (Å²) in [5.41, 5.74) is 1.45. The van der Waals surface area contributed by atoms with E-state index in [1.165, 1.54) is 6.07 Å². The molecular weight excluding hydrogens is 256 g/mol. The van der Waals surface area contributed by atoms with Crippen molar-refractivity contribution in [3.8, 4) is 0 Å². The average Bonchev–Trinajstić information content (AvgIpc) is 2.31. The summed E-state index contributed by atoms with van der Waals surface area (Å²) < 4.78 is 30.3. The number of benzene rings is 1. The quantitative estimate of drug-likeness (QED) is 0.723. The van der Waals surface area contributed by atoms with Crippen LogP contribution in [0.25, 0.3) is 0 Å². The van der Waals surface area contributed by atoms with Crippen LogP contribution in [0.5, 0.6) is 0 Å². The lowest BCUT2D eigenvalue weighted by Gasteiger charge is -2.03. The van der Waals surface area contributed by atoms with Crippen molar-refractivity contribution >= 4 is 10.1 Å². The molecule has 1 aromatic rings. The van der Waals surface area contributed by atoms with Gasteiger partial charge in [-0.05, 0) is 37.5 Å². The Kier molecular flexibility index (Phi) is 7.08. The van der Waals surface area contributed by atoms with Crippen molar-refractivity contribution in [2.24, 2.45) is 0 Å². The van der Waals surface area contributed by atoms with Gasteiger partial charge in [0.1, 0.15) is 0 Å². The van der Waals surface area contributed by atoms with Gasteiger partial charge in [-0.2, -0.15) is 8.42 Å². The van der Waals surface area contributed by atoms with Crippen molar-refractivity contribution in [1.29, 1.82) is 0 Å². The minimum Gasteiger partial charge on any atom is -0.394 e. The van der Waals surface area contributed by atoms with Gasteiger partial charge in [0.25, 0.3) is 10.1 Å². The molecule has 1 unspecified atom stereocenters. The first-order chi connectivity index (χ1) is 8.23. The molecule has 0 amide bonds. The predicted molar refractivity (Wildman–Crippen MR) is 69.1 cm³/mol. The fourth-order valence-corrected chi connectivity index (χ4v) is 1.93. The Morgan fingerprint density at radius 1 is 1.28 bits per heavy atom. The molecule has 0 bridgehead atoms. The first kappa shape index (κ1) is 17.1. The molecule has 5 nitrogen and oxygen atoms in total. The molecule has 0 spiro atoms. The maximum absolute atomic E-state index is 10.8. The summed E-state index contributed by atoms with van der Waals surface area (Å²) in [4.78, 5) is -0.0116. The summed E-state index contributed by atoms with van der Waals surface area (Å²) in [6, 6.07) is 4.78. The molecule has 0 saturated heterocycles. The molecule has 0 heterocycles. The molecule has 18 heavy (non-hydrogen) atoms. The zero-order valence-corrected chi connectivity index (χ0v) is 11.6. The van der Waals surface area contributed by atoms with Gasteiger partial charge in [0.2, 0.25) is 0 Å². The number of rotatable bonds is 3. The highest BCUT2D eigenvalue weighted by Gasteiger charge is 2.12. The molecule has 0 aliphatic rings. The van der Waals surface area contributed by atoms with Crippen LogP contribution in [0.4, 0.5) is 0 Å². The second kappa shape index (κ2) is 7.48. The molecule has 1 atom stereocenters. The van der Waals surface area contributed by atoms with Crippen LogP contribution in [0.2, 0.25) is 0 Å². The van der Waals surface area contributed by atoms with E-state index in [-0.39, 0.29) is 11.5 Å². The highest BCUT2D eigenvalue weighted by Crippen LogP contribution is 2.17. The third-order valence-electron chi connectivity index (χ3n) is 2.51. The Balaban J connectivity index is 0.000000411. The maximum Gasteiger partial charge on any atom is 0.294 e. The smallest absolute Gasteiger partial charge is 0.294 e. The monoisotopic (exact) mass is 276 g/mol. The minimum atomic E-state index is -4.06. The van der Waals surface area contributed by atoms with Gasteiger partial charge < -0.3 is 10.2 Å². The Morgan fingerprint density at radius 2 is 1.83 bits per heavy atom. The summed E-state index contributed by atoms with van der Waals surface area (Å²) >= 11 is 0. The molecule has 1 aromatic carbocycles. The van der Waals surface area contributed by atoms with Crippen molar-refractivity contribution in [1.82, 2.24) is 0 Å². The summed E-state index contributed by atoms with van der Waals surface area (Å²) in [6.07, 6.45) is 0.126. The van der Waals surface area contributed by atoms with E-state index in [0.717, 1.165) is 5.56 Å². The molecule has 0 aliphatic heterocycles. The Morgan fingerprint density at radius 3 is 2.11 bits per heavy atom. The lowest BCUT2D eigenvalue weighted by molar-refractivity contribution is 0.0923. The van der Waals surface area contributed by atoms with Crippen molar-refractivity contribution < 1.29 is 23.2 Å². The summed E-state index contributed by atoms with van der Waals surface area (Å²) in [5.74, 6) is 0. The van der Waals surface area contributed by atoms with E-state index < -0.39 is 16.2 Å². The van der Waals surface area contributed by atoms with Crippen LogP contribution in [-0.2, 0) is 10.1 Å². The van der Waals surface area contributed by atoms with Crippen LogP contribution in [0.1, 0.15) is 24.5 Å². The van der Waals surface area contributed by atoms with Crippen LogP contribution in [-0.4, -0.2) is 35.9 Å². The van der Waals surface area contributed by atoms with Gasteiger partial charge in [-0.1, -0.05) is 19.1 Å². The van der Waals surface area contributed by atoms with Gasteiger partial charge in [0.05, 0.1) is 17.6 Å². The summed E-state index contributed by atoms with van der Waals surface area (Å²) in [5, 5.41) is 16.5. The van der Waals surface area contributed by atoms with E-state index in [9.17, 15) is 8.42 Å². The fourth-order valence-electron chi connectivity index (χ4n) is 1.13.